The SMILES string of the molecule is O=C(CC12CC3CC(CC(C3)C1)C2)NC1CCCCCCC1. The molecule has 0 aromatic rings. The van der Waals surface area contributed by atoms with Crippen molar-refractivity contribution < 1.29 is 4.79 Å². The molecule has 1 amide bonds. The predicted octanol–water partition coefficient (Wildman–Crippen LogP) is 4.82. The van der Waals surface area contributed by atoms with Gasteiger partial charge in [0, 0.05) is 12.5 Å². The molecule has 2 nitrogen and oxygen atoms in total. The predicted molar refractivity (Wildman–Crippen MR) is 89.5 cm³/mol. The highest BCUT2D eigenvalue weighted by atomic mass is 16.1. The van der Waals surface area contributed by atoms with Gasteiger partial charge in [0.1, 0.15) is 0 Å². The second-order valence-corrected chi connectivity index (χ2v) is 9.20. The summed E-state index contributed by atoms with van der Waals surface area (Å²) >= 11 is 0. The van der Waals surface area contributed by atoms with Crippen molar-refractivity contribution in [2.45, 2.75) is 95.9 Å². The Kier molecular flexibility index (Phi) is 4.21. The van der Waals surface area contributed by atoms with E-state index in [1.165, 1.54) is 83.5 Å². The lowest BCUT2D eigenvalue weighted by Crippen LogP contribution is -2.48. The van der Waals surface area contributed by atoms with Gasteiger partial charge in [-0.05, 0) is 74.5 Å². The van der Waals surface area contributed by atoms with Crippen LogP contribution in [0.15, 0.2) is 0 Å². The van der Waals surface area contributed by atoms with Crippen LogP contribution >= 0.6 is 0 Å². The van der Waals surface area contributed by atoms with Crippen LogP contribution in [-0.2, 0) is 4.79 Å². The van der Waals surface area contributed by atoms with Gasteiger partial charge >= 0.3 is 0 Å². The molecule has 5 aliphatic rings. The monoisotopic (exact) mass is 303 g/mol. The number of hydrogen-bond donors (Lipinski definition) is 1. The maximum Gasteiger partial charge on any atom is 0.220 e. The molecule has 5 aliphatic carbocycles. The normalized spacial score (nSPS) is 41.9. The molecule has 0 heterocycles. The van der Waals surface area contributed by atoms with Gasteiger partial charge in [-0.1, -0.05) is 32.1 Å². The van der Waals surface area contributed by atoms with Crippen molar-refractivity contribution in [1.29, 1.82) is 0 Å². The molecular weight excluding hydrogens is 270 g/mol. The number of rotatable bonds is 3. The molecule has 0 aliphatic heterocycles. The zero-order valence-electron chi connectivity index (χ0n) is 14.1. The molecule has 5 fully saturated rings. The van der Waals surface area contributed by atoms with Crippen LogP contribution in [0.1, 0.15) is 89.9 Å². The maximum atomic E-state index is 12.7. The summed E-state index contributed by atoms with van der Waals surface area (Å²) in [6.07, 6.45) is 18.5. The van der Waals surface area contributed by atoms with Gasteiger partial charge in [-0.3, -0.25) is 4.79 Å². The van der Waals surface area contributed by atoms with Crippen molar-refractivity contribution in [3.05, 3.63) is 0 Å². The third kappa shape index (κ3) is 3.21. The summed E-state index contributed by atoms with van der Waals surface area (Å²) in [5.41, 5.74) is 0.403. The average Bonchev–Trinajstić information content (AvgIpc) is 2.39. The fourth-order valence-electron chi connectivity index (χ4n) is 6.73. The van der Waals surface area contributed by atoms with E-state index in [4.69, 9.17) is 0 Å². The summed E-state index contributed by atoms with van der Waals surface area (Å²) in [6.45, 7) is 0. The van der Waals surface area contributed by atoms with Gasteiger partial charge < -0.3 is 5.32 Å². The highest BCUT2D eigenvalue weighted by Gasteiger charge is 2.51. The molecule has 124 valence electrons. The Morgan fingerprint density at radius 1 is 0.818 bits per heavy atom. The van der Waals surface area contributed by atoms with E-state index in [0.717, 1.165) is 24.2 Å². The first-order chi connectivity index (χ1) is 10.7. The van der Waals surface area contributed by atoms with Gasteiger partial charge in [-0.15, -0.1) is 0 Å². The molecule has 5 rings (SSSR count). The first kappa shape index (κ1) is 15.0. The number of nitrogens with one attached hydrogen (secondary N) is 1. The van der Waals surface area contributed by atoms with Crippen molar-refractivity contribution in [2.24, 2.45) is 23.2 Å². The summed E-state index contributed by atoms with van der Waals surface area (Å²) in [6, 6.07) is 0.474. The van der Waals surface area contributed by atoms with Crippen LogP contribution in [0.25, 0.3) is 0 Å². The third-order valence-corrected chi connectivity index (χ3v) is 7.17. The van der Waals surface area contributed by atoms with Gasteiger partial charge in [-0.2, -0.15) is 0 Å². The topological polar surface area (TPSA) is 29.1 Å². The fraction of sp³-hybridized carbons (Fsp3) is 0.950. The van der Waals surface area contributed by atoms with Crippen molar-refractivity contribution >= 4 is 5.91 Å². The van der Waals surface area contributed by atoms with E-state index < -0.39 is 0 Å². The fourth-order valence-corrected chi connectivity index (χ4v) is 6.73. The van der Waals surface area contributed by atoms with E-state index >= 15 is 0 Å². The highest BCUT2D eigenvalue weighted by Crippen LogP contribution is 2.61. The number of hydrogen-bond acceptors (Lipinski definition) is 1. The van der Waals surface area contributed by atoms with E-state index in [2.05, 4.69) is 5.32 Å². The summed E-state index contributed by atoms with van der Waals surface area (Å²) in [5, 5.41) is 3.42. The summed E-state index contributed by atoms with van der Waals surface area (Å²) in [5.74, 6) is 3.26. The van der Waals surface area contributed by atoms with Crippen molar-refractivity contribution in [3.8, 4) is 0 Å². The van der Waals surface area contributed by atoms with Crippen molar-refractivity contribution in [3.63, 3.8) is 0 Å². The minimum atomic E-state index is 0.382. The molecule has 1 N–H and O–H groups in total. The highest BCUT2D eigenvalue weighted by molar-refractivity contribution is 5.77. The number of amides is 1. The Morgan fingerprint density at radius 3 is 1.86 bits per heavy atom. The molecule has 0 aromatic heterocycles. The summed E-state index contributed by atoms with van der Waals surface area (Å²) in [7, 11) is 0. The van der Waals surface area contributed by atoms with Crippen LogP contribution < -0.4 is 5.32 Å². The van der Waals surface area contributed by atoms with E-state index in [1.807, 2.05) is 0 Å². The summed E-state index contributed by atoms with van der Waals surface area (Å²) in [4.78, 5) is 12.7. The average molecular weight is 303 g/mol. The van der Waals surface area contributed by atoms with Crippen LogP contribution in [-0.4, -0.2) is 11.9 Å². The Morgan fingerprint density at radius 2 is 1.32 bits per heavy atom. The van der Waals surface area contributed by atoms with E-state index in [-0.39, 0.29) is 0 Å². The first-order valence-corrected chi connectivity index (χ1v) is 10.0. The Balaban J connectivity index is 1.33. The van der Waals surface area contributed by atoms with Gasteiger partial charge in [0.15, 0.2) is 0 Å². The van der Waals surface area contributed by atoms with Crippen molar-refractivity contribution in [2.75, 3.05) is 0 Å². The van der Waals surface area contributed by atoms with Crippen LogP contribution in [0.2, 0.25) is 0 Å². The van der Waals surface area contributed by atoms with E-state index in [0.29, 0.717) is 17.4 Å². The van der Waals surface area contributed by atoms with Crippen LogP contribution in [0.3, 0.4) is 0 Å². The maximum absolute atomic E-state index is 12.7. The number of carbonyl (C=O) groups excluding carboxylic acids is 1. The molecule has 5 saturated carbocycles. The van der Waals surface area contributed by atoms with Crippen LogP contribution in [0.4, 0.5) is 0 Å². The minimum Gasteiger partial charge on any atom is -0.353 e. The van der Waals surface area contributed by atoms with Gasteiger partial charge in [0.05, 0.1) is 0 Å². The summed E-state index contributed by atoms with van der Waals surface area (Å²) < 4.78 is 0. The second-order valence-electron chi connectivity index (χ2n) is 9.20. The van der Waals surface area contributed by atoms with Gasteiger partial charge in [0.25, 0.3) is 0 Å². The molecule has 0 unspecified atom stereocenters. The molecular formula is C20H33NO. The molecule has 0 aromatic carbocycles. The lowest BCUT2D eigenvalue weighted by atomic mass is 9.49. The van der Waals surface area contributed by atoms with Crippen LogP contribution in [0, 0.1) is 23.2 Å². The Bertz CT molecular complexity index is 373. The minimum absolute atomic E-state index is 0.382. The van der Waals surface area contributed by atoms with Crippen LogP contribution in [0.5, 0.6) is 0 Å². The molecule has 2 heteroatoms. The smallest absolute Gasteiger partial charge is 0.220 e. The second kappa shape index (κ2) is 6.17. The van der Waals surface area contributed by atoms with Crippen molar-refractivity contribution in [1.82, 2.24) is 5.32 Å². The molecule has 4 bridgehead atoms. The first-order valence-electron chi connectivity index (χ1n) is 10.0. The lowest BCUT2D eigenvalue weighted by Gasteiger charge is -2.56. The molecule has 0 radical (unpaired) electrons. The van der Waals surface area contributed by atoms with E-state index in [1.54, 1.807) is 0 Å². The Hall–Kier alpha value is -0.530. The largest absolute Gasteiger partial charge is 0.353 e. The standard InChI is InChI=1S/C20H33NO/c22-19(21-18-6-4-2-1-3-5-7-18)14-20-11-15-8-16(12-20)10-17(9-15)13-20/h15-18H,1-14H2,(H,21,22). The molecule has 0 atom stereocenters. The third-order valence-electron chi connectivity index (χ3n) is 7.17. The lowest BCUT2D eigenvalue weighted by molar-refractivity contribution is -0.130. The molecule has 22 heavy (non-hydrogen) atoms. The number of carbonyl (C=O) groups is 1. The molecule has 0 saturated heterocycles. The zero-order chi connectivity index (χ0) is 15.0. The molecule has 0 spiro atoms. The van der Waals surface area contributed by atoms with Gasteiger partial charge in [-0.25, -0.2) is 0 Å². The van der Waals surface area contributed by atoms with E-state index in [9.17, 15) is 4.79 Å². The van der Waals surface area contributed by atoms with Gasteiger partial charge in [0.2, 0.25) is 5.91 Å². The quantitative estimate of drug-likeness (QED) is 0.795. The Labute approximate surface area is 135 Å². The zero-order valence-corrected chi connectivity index (χ0v) is 14.1.